The molecule has 0 saturated heterocycles. The van der Waals surface area contributed by atoms with Crippen molar-refractivity contribution in [1.82, 2.24) is 0 Å². The Kier molecular flexibility index (Phi) is 4.99. The Hall–Kier alpha value is -2.87. The van der Waals surface area contributed by atoms with Gasteiger partial charge in [-0.2, -0.15) is 0 Å². The summed E-state index contributed by atoms with van der Waals surface area (Å²) in [6.45, 7) is 20.5. The maximum atomic E-state index is 13.5. The Morgan fingerprint density at radius 2 is 1.29 bits per heavy atom. The topological polar surface area (TPSA) is 26.3 Å². The minimum absolute atomic E-state index is 0.0128. The highest BCUT2D eigenvalue weighted by Gasteiger charge is 2.61. The summed E-state index contributed by atoms with van der Waals surface area (Å²) in [6.07, 6.45) is 11.6. The molecule has 35 heavy (non-hydrogen) atoms. The highest BCUT2D eigenvalue weighted by atomic mass is 16.5. The molecule has 5 rings (SSSR count). The van der Waals surface area contributed by atoms with Gasteiger partial charge in [-0.3, -0.25) is 0 Å². The highest BCUT2D eigenvalue weighted by molar-refractivity contribution is 6.03. The van der Waals surface area contributed by atoms with E-state index in [1.54, 1.807) is 0 Å². The Morgan fingerprint density at radius 1 is 0.771 bits per heavy atom. The summed E-state index contributed by atoms with van der Waals surface area (Å²) >= 11 is 0. The van der Waals surface area contributed by atoms with Crippen molar-refractivity contribution in [3.05, 3.63) is 93.6 Å². The number of fused-ring (bicyclic) bond motifs is 3. The van der Waals surface area contributed by atoms with Crippen molar-refractivity contribution in [2.24, 2.45) is 21.7 Å². The highest BCUT2D eigenvalue weighted by Crippen LogP contribution is 2.72. The van der Waals surface area contributed by atoms with E-state index in [4.69, 9.17) is 4.74 Å². The summed E-state index contributed by atoms with van der Waals surface area (Å²) in [5, 5.41) is 0. The number of carbonyl (C=O) groups is 1. The lowest BCUT2D eigenvalue weighted by atomic mass is 9.42. The number of rotatable bonds is 2. The molecule has 4 aliphatic carbocycles. The first-order valence-corrected chi connectivity index (χ1v) is 12.9. The molecule has 0 saturated carbocycles. The molecule has 0 aromatic heterocycles. The van der Waals surface area contributed by atoms with Gasteiger partial charge in [-0.25, -0.2) is 4.79 Å². The molecule has 0 radical (unpaired) electrons. The molecular formula is C33H38O2. The summed E-state index contributed by atoms with van der Waals surface area (Å²) in [6, 6.07) is 8.82. The van der Waals surface area contributed by atoms with Crippen molar-refractivity contribution in [2.75, 3.05) is 6.61 Å². The third-order valence-corrected chi connectivity index (χ3v) is 8.73. The van der Waals surface area contributed by atoms with Crippen molar-refractivity contribution < 1.29 is 9.53 Å². The van der Waals surface area contributed by atoms with Crippen LogP contribution in [0.1, 0.15) is 73.4 Å². The van der Waals surface area contributed by atoms with Crippen molar-refractivity contribution in [3.8, 4) is 0 Å². The predicted octanol–water partition coefficient (Wildman–Crippen LogP) is 8.25. The number of hydrogen-bond donors (Lipinski definition) is 0. The van der Waals surface area contributed by atoms with Gasteiger partial charge < -0.3 is 4.74 Å². The zero-order chi connectivity index (χ0) is 25.6. The lowest BCUT2D eigenvalue weighted by Crippen LogP contribution is -2.49. The molecule has 2 atom stereocenters. The van der Waals surface area contributed by atoms with E-state index in [0.29, 0.717) is 12.2 Å². The molecule has 0 heterocycles. The van der Waals surface area contributed by atoms with E-state index in [1.807, 2.05) is 6.92 Å². The van der Waals surface area contributed by atoms with Crippen molar-refractivity contribution in [2.45, 2.75) is 62.3 Å². The van der Waals surface area contributed by atoms with Gasteiger partial charge in [0.2, 0.25) is 0 Å². The molecule has 0 amide bonds. The van der Waals surface area contributed by atoms with Crippen LogP contribution in [0, 0.1) is 21.7 Å². The quantitative estimate of drug-likeness (QED) is 0.410. The molecule has 2 nitrogen and oxygen atoms in total. The van der Waals surface area contributed by atoms with Gasteiger partial charge in [0.05, 0.1) is 12.2 Å². The normalized spacial score (nSPS) is 27.1. The molecule has 1 aromatic carbocycles. The molecule has 0 N–H and O–H groups in total. The van der Waals surface area contributed by atoms with Crippen LogP contribution in [0.4, 0.5) is 0 Å². The van der Waals surface area contributed by atoms with E-state index in [-0.39, 0.29) is 22.2 Å². The predicted molar refractivity (Wildman–Crippen MR) is 145 cm³/mol. The van der Waals surface area contributed by atoms with Gasteiger partial charge in [-0.1, -0.05) is 104 Å². The summed E-state index contributed by atoms with van der Waals surface area (Å²) in [5.41, 5.74) is 9.96. The lowest BCUT2D eigenvalue weighted by Gasteiger charge is -2.59. The van der Waals surface area contributed by atoms with Crippen molar-refractivity contribution in [1.29, 1.82) is 0 Å². The Morgan fingerprint density at radius 3 is 1.80 bits per heavy atom. The van der Waals surface area contributed by atoms with Crippen LogP contribution < -0.4 is 0 Å². The molecule has 0 fully saturated rings. The van der Waals surface area contributed by atoms with Crippen LogP contribution in [0.3, 0.4) is 0 Å². The number of allylic oxidation sites excluding steroid dienone is 10. The van der Waals surface area contributed by atoms with E-state index in [0.717, 1.165) is 5.57 Å². The largest absolute Gasteiger partial charge is 0.462 e. The molecule has 4 aliphatic rings. The molecule has 182 valence electrons. The van der Waals surface area contributed by atoms with Gasteiger partial charge in [-0.05, 0) is 68.4 Å². The fourth-order valence-corrected chi connectivity index (χ4v) is 6.35. The van der Waals surface area contributed by atoms with Crippen LogP contribution in [-0.4, -0.2) is 12.6 Å². The van der Waals surface area contributed by atoms with Crippen LogP contribution in [0.15, 0.2) is 82.5 Å². The summed E-state index contributed by atoms with van der Waals surface area (Å²) in [5.74, 6) is -0.232. The molecular weight excluding hydrogens is 428 g/mol. The molecule has 0 unspecified atom stereocenters. The zero-order valence-electron chi connectivity index (χ0n) is 22.7. The second kappa shape index (κ2) is 7.32. The maximum absolute atomic E-state index is 13.5. The van der Waals surface area contributed by atoms with E-state index < -0.39 is 5.41 Å². The average Bonchev–Trinajstić information content (AvgIpc) is 2.76. The number of benzene rings is 1. The van der Waals surface area contributed by atoms with Gasteiger partial charge in [0.25, 0.3) is 0 Å². The maximum Gasteiger partial charge on any atom is 0.338 e. The smallest absolute Gasteiger partial charge is 0.338 e. The first kappa shape index (κ1) is 23.9. The van der Waals surface area contributed by atoms with Crippen LogP contribution in [-0.2, 0) is 9.53 Å². The van der Waals surface area contributed by atoms with E-state index in [1.165, 1.54) is 39.0 Å². The first-order valence-electron chi connectivity index (χ1n) is 12.9. The van der Waals surface area contributed by atoms with Crippen LogP contribution in [0.25, 0.3) is 11.1 Å². The monoisotopic (exact) mass is 466 g/mol. The molecule has 1 aromatic rings. The minimum Gasteiger partial charge on any atom is -0.462 e. The first-order chi connectivity index (χ1) is 16.2. The summed E-state index contributed by atoms with van der Waals surface area (Å²) in [4.78, 5) is 13.5. The van der Waals surface area contributed by atoms with Crippen molar-refractivity contribution >= 4 is 17.1 Å². The number of hydrogen-bond acceptors (Lipinski definition) is 2. The second-order valence-electron chi connectivity index (χ2n) is 12.8. The molecule has 0 bridgehead atoms. The number of carbonyl (C=O) groups excluding carboxylic acids is 1. The third-order valence-electron chi connectivity index (χ3n) is 8.73. The Balaban J connectivity index is 1.97. The third kappa shape index (κ3) is 3.11. The van der Waals surface area contributed by atoms with Gasteiger partial charge in [0, 0.05) is 10.8 Å². The van der Waals surface area contributed by atoms with E-state index in [9.17, 15) is 4.79 Å². The van der Waals surface area contributed by atoms with E-state index in [2.05, 4.69) is 110 Å². The fraction of sp³-hybridized carbons (Fsp3) is 0.424. The summed E-state index contributed by atoms with van der Waals surface area (Å²) in [7, 11) is 0. The Bertz CT molecular complexity index is 1340. The zero-order valence-corrected chi connectivity index (χ0v) is 22.7. The van der Waals surface area contributed by atoms with Gasteiger partial charge in [-0.15, -0.1) is 0 Å². The average molecular weight is 467 g/mol. The van der Waals surface area contributed by atoms with Gasteiger partial charge >= 0.3 is 5.97 Å². The van der Waals surface area contributed by atoms with E-state index >= 15 is 0 Å². The fourth-order valence-electron chi connectivity index (χ4n) is 6.35. The lowest BCUT2D eigenvalue weighted by molar-refractivity contribution is -0.138. The standard InChI is InChI=1S/C33H38O2/c1-10-35-29(34)25-16-22-15-20(30(2,3)4)17-26-23-13-11-12-14-24(23)27-18-21(31(5,6)7)19-28(25)33(27,9)32(22,26)8/h11-19H,10H2,1-9H3/t32-,33+/m1/s1. The van der Waals surface area contributed by atoms with Gasteiger partial charge in [0.1, 0.15) is 0 Å². The number of esters is 1. The molecule has 2 heteroatoms. The van der Waals surface area contributed by atoms with Crippen LogP contribution >= 0.6 is 0 Å². The summed E-state index contributed by atoms with van der Waals surface area (Å²) < 4.78 is 5.63. The Labute approximate surface area is 210 Å². The van der Waals surface area contributed by atoms with Gasteiger partial charge in [0.15, 0.2) is 0 Å². The van der Waals surface area contributed by atoms with Crippen LogP contribution in [0.2, 0.25) is 0 Å². The second-order valence-corrected chi connectivity index (χ2v) is 12.8. The molecule has 0 aliphatic heterocycles. The van der Waals surface area contributed by atoms with Crippen LogP contribution in [0.5, 0.6) is 0 Å². The van der Waals surface area contributed by atoms with Crippen molar-refractivity contribution in [3.63, 3.8) is 0 Å². The SMILES string of the molecule is CCOC(=O)C1=C2C=C(C(C)(C)C)C=C3c4ccccc4C4=CC(C(C)(C)C)=CC(=C1)[C@@]4(C)[C@@]32C. The number of ether oxygens (including phenoxy) is 1. The minimum atomic E-state index is -0.395. The molecule has 0 spiro atoms.